The predicted molar refractivity (Wildman–Crippen MR) is 103 cm³/mol. The number of hydrogen-bond acceptors (Lipinski definition) is 5. The number of methoxy groups -OCH3 is 1. The Morgan fingerprint density at radius 1 is 1.23 bits per heavy atom. The number of rotatable bonds is 5. The number of nitrogens with one attached hydrogen (secondary N) is 1. The van der Waals surface area contributed by atoms with E-state index in [1.54, 1.807) is 19.2 Å². The molecule has 2 N–H and O–H groups in total. The lowest BCUT2D eigenvalue weighted by Gasteiger charge is -2.22. The second-order valence-electron chi connectivity index (χ2n) is 6.17. The molecule has 1 heterocycles. The molecule has 2 unspecified atom stereocenters. The highest BCUT2D eigenvalue weighted by molar-refractivity contribution is 6.01. The van der Waals surface area contributed by atoms with E-state index in [-0.39, 0.29) is 18.4 Å². The highest BCUT2D eigenvalue weighted by Gasteiger charge is 2.21. The second kappa shape index (κ2) is 7.82. The third kappa shape index (κ3) is 4.27. The van der Waals surface area contributed by atoms with E-state index in [0.29, 0.717) is 5.96 Å². The number of aliphatic carboxylic acids is 1. The summed E-state index contributed by atoms with van der Waals surface area (Å²) in [7, 11) is 1.65. The zero-order chi connectivity index (χ0) is 18.5. The van der Waals surface area contributed by atoms with Crippen LogP contribution >= 0.6 is 0 Å². The number of carboxylic acids is 1. The van der Waals surface area contributed by atoms with Gasteiger partial charge in [-0.1, -0.05) is 24.3 Å². The zero-order valence-electron chi connectivity index (χ0n) is 14.7. The Morgan fingerprint density at radius 2 is 2.00 bits per heavy atom. The van der Waals surface area contributed by atoms with Crippen molar-refractivity contribution in [3.63, 3.8) is 0 Å². The van der Waals surface area contributed by atoms with Crippen LogP contribution in [0.1, 0.15) is 24.0 Å². The summed E-state index contributed by atoms with van der Waals surface area (Å²) in [6.45, 7) is 2.04. The summed E-state index contributed by atoms with van der Waals surface area (Å²) < 4.78 is 5.19. The highest BCUT2D eigenvalue weighted by Crippen LogP contribution is 2.25. The van der Waals surface area contributed by atoms with Crippen LogP contribution in [0.15, 0.2) is 58.5 Å². The first-order chi connectivity index (χ1) is 12.5. The molecule has 0 bridgehead atoms. The van der Waals surface area contributed by atoms with E-state index >= 15 is 0 Å². The van der Waals surface area contributed by atoms with E-state index in [1.807, 2.05) is 49.5 Å². The molecule has 0 fully saturated rings. The van der Waals surface area contributed by atoms with Crippen molar-refractivity contribution in [1.29, 1.82) is 0 Å². The smallest absolute Gasteiger partial charge is 0.307 e. The number of carbonyl (C=O) groups is 1. The molecule has 0 saturated carbocycles. The molecule has 0 aromatic heterocycles. The molecule has 1 aliphatic rings. The molecule has 2 aromatic rings. The van der Waals surface area contributed by atoms with E-state index < -0.39 is 5.97 Å². The molecule has 2 aromatic carbocycles. The van der Waals surface area contributed by atoms with Crippen molar-refractivity contribution in [2.24, 2.45) is 9.98 Å². The van der Waals surface area contributed by atoms with Crippen LogP contribution in [0.5, 0.6) is 5.75 Å². The number of hydrogen-bond donors (Lipinski definition) is 2. The normalized spacial score (nSPS) is 18.9. The van der Waals surface area contributed by atoms with E-state index in [9.17, 15) is 4.79 Å². The number of anilines is 1. The lowest BCUT2D eigenvalue weighted by Crippen LogP contribution is -2.24. The molecular weight excluding hydrogens is 330 g/mol. The van der Waals surface area contributed by atoms with Gasteiger partial charge in [0.05, 0.1) is 19.6 Å². The third-order valence-corrected chi connectivity index (χ3v) is 4.24. The van der Waals surface area contributed by atoms with Gasteiger partial charge in [0, 0.05) is 17.8 Å². The number of ether oxygens (including phenoxy) is 1. The van der Waals surface area contributed by atoms with Gasteiger partial charge in [-0.05, 0) is 42.3 Å². The standard InChI is InChI=1S/C20H21N3O3/c1-13-18(15-6-8-17(26-2)9-7-15)12-21-20(22-13)23-16-5-3-4-14(10-16)11-19(24)25/h3-10,12-13,18H,11H2,1-2H3,(H,22,23)(H,24,25). The van der Waals surface area contributed by atoms with Crippen molar-refractivity contribution in [1.82, 2.24) is 0 Å². The SMILES string of the molecule is COc1ccc(C2C=NC(Nc3cccc(CC(=O)O)c3)=NC2C)cc1. The fourth-order valence-corrected chi connectivity index (χ4v) is 2.90. The minimum atomic E-state index is -0.855. The van der Waals surface area contributed by atoms with Crippen LogP contribution in [0.4, 0.5) is 5.69 Å². The van der Waals surface area contributed by atoms with Gasteiger partial charge in [0.25, 0.3) is 0 Å². The molecule has 26 heavy (non-hydrogen) atoms. The predicted octanol–water partition coefficient (Wildman–Crippen LogP) is 3.35. The molecule has 2 atom stereocenters. The summed E-state index contributed by atoms with van der Waals surface area (Å²) in [5.41, 5.74) is 2.63. The van der Waals surface area contributed by atoms with Crippen LogP contribution in [0.3, 0.4) is 0 Å². The van der Waals surface area contributed by atoms with Crippen LogP contribution < -0.4 is 10.1 Å². The quantitative estimate of drug-likeness (QED) is 0.865. The van der Waals surface area contributed by atoms with E-state index in [2.05, 4.69) is 15.3 Å². The van der Waals surface area contributed by atoms with Crippen LogP contribution in [-0.4, -0.2) is 36.4 Å². The third-order valence-electron chi connectivity index (χ3n) is 4.24. The molecular formula is C20H21N3O3. The van der Waals surface area contributed by atoms with Gasteiger partial charge in [0.1, 0.15) is 5.75 Å². The fraction of sp³-hybridized carbons (Fsp3) is 0.250. The van der Waals surface area contributed by atoms with Gasteiger partial charge in [0.15, 0.2) is 0 Å². The van der Waals surface area contributed by atoms with Gasteiger partial charge in [0.2, 0.25) is 5.96 Å². The monoisotopic (exact) mass is 351 g/mol. The van der Waals surface area contributed by atoms with Crippen molar-refractivity contribution in [2.75, 3.05) is 12.4 Å². The summed E-state index contributed by atoms with van der Waals surface area (Å²) >= 11 is 0. The van der Waals surface area contributed by atoms with Crippen molar-refractivity contribution in [3.05, 3.63) is 59.7 Å². The Labute approximate surface area is 152 Å². The number of nitrogens with zero attached hydrogens (tertiary/aromatic N) is 2. The van der Waals surface area contributed by atoms with E-state index in [4.69, 9.17) is 9.84 Å². The van der Waals surface area contributed by atoms with Crippen LogP contribution in [0.2, 0.25) is 0 Å². The first-order valence-corrected chi connectivity index (χ1v) is 8.39. The fourth-order valence-electron chi connectivity index (χ4n) is 2.90. The molecule has 0 aliphatic carbocycles. The summed E-state index contributed by atoms with van der Waals surface area (Å²) in [4.78, 5) is 19.9. The molecule has 0 spiro atoms. The van der Waals surface area contributed by atoms with Crippen molar-refractivity contribution < 1.29 is 14.6 Å². The van der Waals surface area contributed by atoms with Gasteiger partial charge in [-0.3, -0.25) is 4.79 Å². The summed E-state index contributed by atoms with van der Waals surface area (Å²) in [6, 6.07) is 15.2. The number of benzene rings is 2. The number of aliphatic imine (C=N–C) groups is 2. The maximum Gasteiger partial charge on any atom is 0.307 e. The van der Waals surface area contributed by atoms with Gasteiger partial charge in [-0.2, -0.15) is 0 Å². The Kier molecular flexibility index (Phi) is 5.31. The first-order valence-electron chi connectivity index (χ1n) is 8.39. The van der Waals surface area contributed by atoms with Crippen LogP contribution in [0, 0.1) is 0 Å². The molecule has 0 amide bonds. The Morgan fingerprint density at radius 3 is 2.65 bits per heavy atom. The summed E-state index contributed by atoms with van der Waals surface area (Å²) in [5, 5.41) is 12.1. The summed E-state index contributed by atoms with van der Waals surface area (Å²) in [6.07, 6.45) is 1.88. The van der Waals surface area contributed by atoms with Crippen LogP contribution in [0.25, 0.3) is 0 Å². The Balaban J connectivity index is 1.70. The molecule has 0 radical (unpaired) electrons. The van der Waals surface area contributed by atoms with Gasteiger partial charge >= 0.3 is 5.97 Å². The topological polar surface area (TPSA) is 83.3 Å². The Hall–Kier alpha value is -3.15. The molecule has 1 aliphatic heterocycles. The number of guanidine groups is 1. The molecule has 6 nitrogen and oxygen atoms in total. The molecule has 6 heteroatoms. The second-order valence-corrected chi connectivity index (χ2v) is 6.17. The van der Waals surface area contributed by atoms with Crippen molar-refractivity contribution in [2.45, 2.75) is 25.3 Å². The van der Waals surface area contributed by atoms with Crippen molar-refractivity contribution in [3.8, 4) is 5.75 Å². The van der Waals surface area contributed by atoms with E-state index in [0.717, 1.165) is 22.6 Å². The summed E-state index contributed by atoms with van der Waals surface area (Å²) in [5.74, 6) is 0.590. The Bertz CT molecular complexity index is 844. The molecule has 0 saturated heterocycles. The highest BCUT2D eigenvalue weighted by atomic mass is 16.5. The maximum atomic E-state index is 10.8. The zero-order valence-corrected chi connectivity index (χ0v) is 14.7. The minimum Gasteiger partial charge on any atom is -0.497 e. The minimum absolute atomic E-state index is 0.0127. The van der Waals surface area contributed by atoms with E-state index in [1.165, 1.54) is 0 Å². The maximum absolute atomic E-state index is 10.8. The molecule has 134 valence electrons. The van der Waals surface area contributed by atoms with Gasteiger partial charge in [-0.25, -0.2) is 9.98 Å². The lowest BCUT2D eigenvalue weighted by molar-refractivity contribution is -0.136. The molecule has 3 rings (SSSR count). The lowest BCUT2D eigenvalue weighted by atomic mass is 9.93. The largest absolute Gasteiger partial charge is 0.497 e. The van der Waals surface area contributed by atoms with Crippen LogP contribution in [-0.2, 0) is 11.2 Å². The van der Waals surface area contributed by atoms with Crippen molar-refractivity contribution >= 4 is 23.8 Å². The average molecular weight is 351 g/mol. The van der Waals surface area contributed by atoms with Gasteiger partial charge in [-0.15, -0.1) is 0 Å². The van der Waals surface area contributed by atoms with Gasteiger partial charge < -0.3 is 15.2 Å². The number of carboxylic acid groups (broad SMARTS) is 1. The first kappa shape index (κ1) is 17.7. The average Bonchev–Trinajstić information content (AvgIpc) is 2.62.